The van der Waals surface area contributed by atoms with Gasteiger partial charge in [0.15, 0.2) is 0 Å². The van der Waals surface area contributed by atoms with Gasteiger partial charge < -0.3 is 10.6 Å². The zero-order valence-electron chi connectivity index (χ0n) is 14.1. The molecule has 1 saturated carbocycles. The van der Waals surface area contributed by atoms with E-state index in [1.165, 1.54) is 49.8 Å². The molecule has 0 bridgehead atoms. The van der Waals surface area contributed by atoms with Crippen LogP contribution < -0.4 is 10.6 Å². The highest BCUT2D eigenvalue weighted by atomic mass is 15.2. The molecular formula is C19H32N2. The van der Waals surface area contributed by atoms with E-state index in [4.69, 9.17) is 5.73 Å². The van der Waals surface area contributed by atoms with Gasteiger partial charge in [-0.2, -0.15) is 0 Å². The molecule has 2 nitrogen and oxygen atoms in total. The first-order chi connectivity index (χ1) is 10.1. The topological polar surface area (TPSA) is 29.3 Å². The molecule has 118 valence electrons. The lowest BCUT2D eigenvalue weighted by Crippen LogP contribution is -2.54. The lowest BCUT2D eigenvalue weighted by molar-refractivity contribution is 0.342. The minimum Gasteiger partial charge on any atom is -0.365 e. The van der Waals surface area contributed by atoms with Crippen molar-refractivity contribution in [1.29, 1.82) is 0 Å². The number of rotatable bonds is 5. The van der Waals surface area contributed by atoms with Gasteiger partial charge in [-0.15, -0.1) is 0 Å². The molecule has 2 N–H and O–H groups in total. The molecule has 1 aromatic carbocycles. The summed E-state index contributed by atoms with van der Waals surface area (Å²) in [6.07, 6.45) is 7.82. The Bertz CT molecular complexity index is 426. The van der Waals surface area contributed by atoms with E-state index in [0.717, 1.165) is 19.0 Å². The Labute approximate surface area is 130 Å². The summed E-state index contributed by atoms with van der Waals surface area (Å²) in [5.74, 6) is 0.898. The summed E-state index contributed by atoms with van der Waals surface area (Å²) in [6.45, 7) is 8.55. The first-order valence-corrected chi connectivity index (χ1v) is 8.69. The molecule has 0 saturated heterocycles. The van der Waals surface area contributed by atoms with E-state index in [-0.39, 0.29) is 5.54 Å². The quantitative estimate of drug-likeness (QED) is 0.808. The fraction of sp³-hybridized carbons (Fsp3) is 0.684. The number of anilines is 1. The molecule has 21 heavy (non-hydrogen) atoms. The lowest BCUT2D eigenvalue weighted by atomic mass is 9.86. The standard InChI is InChI=1S/C19H32N2/c1-4-17-7-6-13-19(15-20,14-12-17)21(5-2)18-10-8-16(3)9-11-18/h8-11,17H,4-7,12-15,20H2,1-3H3. The number of hydrogen-bond donors (Lipinski definition) is 1. The van der Waals surface area contributed by atoms with E-state index in [9.17, 15) is 0 Å². The average Bonchev–Trinajstić information content (AvgIpc) is 2.73. The van der Waals surface area contributed by atoms with Gasteiger partial charge >= 0.3 is 0 Å². The van der Waals surface area contributed by atoms with E-state index in [2.05, 4.69) is 49.9 Å². The normalized spacial score (nSPS) is 26.4. The van der Waals surface area contributed by atoms with Crippen LogP contribution in [-0.4, -0.2) is 18.6 Å². The van der Waals surface area contributed by atoms with Crippen LogP contribution in [0.3, 0.4) is 0 Å². The number of likely N-dealkylation sites (N-methyl/N-ethyl adjacent to an activating group) is 1. The number of nitrogens with two attached hydrogens (primary N) is 1. The van der Waals surface area contributed by atoms with Crippen molar-refractivity contribution >= 4 is 5.69 Å². The summed E-state index contributed by atoms with van der Waals surface area (Å²) in [6, 6.07) is 8.96. The van der Waals surface area contributed by atoms with E-state index >= 15 is 0 Å². The Morgan fingerprint density at radius 3 is 2.43 bits per heavy atom. The van der Waals surface area contributed by atoms with Gasteiger partial charge in [0.1, 0.15) is 0 Å². The Balaban J connectivity index is 2.25. The highest BCUT2D eigenvalue weighted by molar-refractivity contribution is 5.50. The van der Waals surface area contributed by atoms with E-state index < -0.39 is 0 Å². The maximum atomic E-state index is 6.30. The van der Waals surface area contributed by atoms with Gasteiger partial charge in [0.2, 0.25) is 0 Å². The van der Waals surface area contributed by atoms with Crippen LogP contribution >= 0.6 is 0 Å². The minimum absolute atomic E-state index is 0.161. The zero-order chi connectivity index (χ0) is 15.3. The second-order valence-corrected chi connectivity index (χ2v) is 6.71. The third-order valence-corrected chi connectivity index (χ3v) is 5.46. The molecule has 2 atom stereocenters. The predicted molar refractivity (Wildman–Crippen MR) is 92.9 cm³/mol. The third kappa shape index (κ3) is 3.60. The van der Waals surface area contributed by atoms with E-state index in [1.807, 2.05) is 0 Å². The van der Waals surface area contributed by atoms with Crippen LogP contribution in [0.2, 0.25) is 0 Å². The molecule has 1 aromatic rings. The molecule has 1 aliphatic rings. The first-order valence-electron chi connectivity index (χ1n) is 8.69. The largest absolute Gasteiger partial charge is 0.365 e. The van der Waals surface area contributed by atoms with Crippen LogP contribution in [0.5, 0.6) is 0 Å². The summed E-state index contributed by atoms with van der Waals surface area (Å²) in [7, 11) is 0. The van der Waals surface area contributed by atoms with Crippen molar-refractivity contribution in [2.24, 2.45) is 11.7 Å². The van der Waals surface area contributed by atoms with Crippen LogP contribution in [0.15, 0.2) is 24.3 Å². The van der Waals surface area contributed by atoms with Crippen molar-refractivity contribution < 1.29 is 0 Å². The van der Waals surface area contributed by atoms with Crippen LogP contribution in [-0.2, 0) is 0 Å². The molecule has 2 unspecified atom stereocenters. The third-order valence-electron chi connectivity index (χ3n) is 5.46. The number of aryl methyl sites for hydroxylation is 1. The van der Waals surface area contributed by atoms with Gasteiger partial charge in [0, 0.05) is 18.8 Å². The monoisotopic (exact) mass is 288 g/mol. The number of nitrogens with zero attached hydrogens (tertiary/aromatic N) is 1. The van der Waals surface area contributed by atoms with Gasteiger partial charge in [0.25, 0.3) is 0 Å². The van der Waals surface area contributed by atoms with Gasteiger partial charge in [0.05, 0.1) is 5.54 Å². The first kappa shape index (κ1) is 16.4. The summed E-state index contributed by atoms with van der Waals surface area (Å²) >= 11 is 0. The highest BCUT2D eigenvalue weighted by Crippen LogP contribution is 2.37. The van der Waals surface area contributed by atoms with Crippen molar-refractivity contribution in [3.05, 3.63) is 29.8 Å². The molecule has 0 heterocycles. The summed E-state index contributed by atoms with van der Waals surface area (Å²) < 4.78 is 0. The van der Waals surface area contributed by atoms with Crippen LogP contribution in [0.1, 0.15) is 57.9 Å². The number of benzene rings is 1. The van der Waals surface area contributed by atoms with E-state index in [1.54, 1.807) is 0 Å². The maximum absolute atomic E-state index is 6.30. The molecule has 2 heteroatoms. The second kappa shape index (κ2) is 7.31. The Kier molecular flexibility index (Phi) is 5.69. The predicted octanol–water partition coefficient (Wildman–Crippen LogP) is 4.51. The molecule has 0 amide bonds. The van der Waals surface area contributed by atoms with Gasteiger partial charge in [-0.1, -0.05) is 43.9 Å². The van der Waals surface area contributed by atoms with Crippen molar-refractivity contribution in [3.8, 4) is 0 Å². The fourth-order valence-corrected chi connectivity index (χ4v) is 3.97. The Morgan fingerprint density at radius 1 is 1.14 bits per heavy atom. The summed E-state index contributed by atoms with van der Waals surface area (Å²) in [4.78, 5) is 2.57. The SMILES string of the molecule is CCC1CCCC(CN)(N(CC)c2ccc(C)cc2)CC1. The smallest absolute Gasteiger partial charge is 0.0524 e. The molecular weight excluding hydrogens is 256 g/mol. The lowest BCUT2D eigenvalue weighted by Gasteiger charge is -2.44. The molecule has 1 fully saturated rings. The highest BCUT2D eigenvalue weighted by Gasteiger charge is 2.36. The average molecular weight is 288 g/mol. The summed E-state index contributed by atoms with van der Waals surface area (Å²) in [5.41, 5.74) is 9.12. The molecule has 2 rings (SSSR count). The van der Waals surface area contributed by atoms with Crippen molar-refractivity contribution in [1.82, 2.24) is 0 Å². The van der Waals surface area contributed by atoms with Crippen molar-refractivity contribution in [3.63, 3.8) is 0 Å². The van der Waals surface area contributed by atoms with Crippen LogP contribution in [0.4, 0.5) is 5.69 Å². The Hall–Kier alpha value is -1.02. The minimum atomic E-state index is 0.161. The van der Waals surface area contributed by atoms with Gasteiger partial charge in [-0.25, -0.2) is 0 Å². The van der Waals surface area contributed by atoms with Crippen LogP contribution in [0.25, 0.3) is 0 Å². The molecule has 0 spiro atoms. The van der Waals surface area contributed by atoms with Gasteiger partial charge in [-0.05, 0) is 51.2 Å². The maximum Gasteiger partial charge on any atom is 0.0524 e. The fourth-order valence-electron chi connectivity index (χ4n) is 3.97. The van der Waals surface area contributed by atoms with Crippen molar-refractivity contribution in [2.75, 3.05) is 18.0 Å². The molecule has 0 aliphatic heterocycles. The van der Waals surface area contributed by atoms with Crippen molar-refractivity contribution in [2.45, 2.75) is 64.8 Å². The summed E-state index contributed by atoms with van der Waals surface area (Å²) in [5, 5.41) is 0. The molecule has 0 aromatic heterocycles. The second-order valence-electron chi connectivity index (χ2n) is 6.71. The van der Waals surface area contributed by atoms with E-state index in [0.29, 0.717) is 0 Å². The van der Waals surface area contributed by atoms with Crippen LogP contribution in [0, 0.1) is 12.8 Å². The molecule has 0 radical (unpaired) electrons. The number of hydrogen-bond acceptors (Lipinski definition) is 2. The molecule has 1 aliphatic carbocycles. The zero-order valence-corrected chi connectivity index (χ0v) is 14.1. The Morgan fingerprint density at radius 2 is 1.86 bits per heavy atom. The van der Waals surface area contributed by atoms with Gasteiger partial charge in [-0.3, -0.25) is 0 Å².